The average Bonchev–Trinajstić information content (AvgIpc) is 3.11. The third-order valence-electron chi connectivity index (χ3n) is 5.19. The van der Waals surface area contributed by atoms with Gasteiger partial charge in [-0.1, -0.05) is 36.4 Å². The number of sulfonamides is 1. The van der Waals surface area contributed by atoms with Crippen LogP contribution in [0.5, 0.6) is 0 Å². The van der Waals surface area contributed by atoms with Gasteiger partial charge in [-0.3, -0.25) is 14.1 Å². The molecule has 1 aliphatic rings. The van der Waals surface area contributed by atoms with Gasteiger partial charge in [0, 0.05) is 17.8 Å². The predicted molar refractivity (Wildman–Crippen MR) is 113 cm³/mol. The molecule has 0 bridgehead atoms. The highest BCUT2D eigenvalue weighted by molar-refractivity contribution is 7.92. The lowest BCUT2D eigenvalue weighted by Crippen LogP contribution is -2.35. The van der Waals surface area contributed by atoms with E-state index in [1.807, 2.05) is 31.2 Å². The first-order chi connectivity index (χ1) is 14.4. The standard InChI is InChI=1S/C23H19N3O3S/c1-16-13-17-7-2-3-11-22(17)26(16)30(28,29)19-9-6-8-18(14-19)23(27)20(15-24)21-10-4-5-12-25-21/h2-12,14,16,20H,13H2,1H3. The summed E-state index contributed by atoms with van der Waals surface area (Å²) < 4.78 is 28.3. The number of carbonyl (C=O) groups is 1. The second kappa shape index (κ2) is 7.73. The predicted octanol–water partition coefficient (Wildman–Crippen LogP) is 3.71. The van der Waals surface area contributed by atoms with Crippen LogP contribution in [0, 0.1) is 11.3 Å². The second-order valence-electron chi connectivity index (χ2n) is 7.19. The molecule has 1 aromatic heterocycles. The fraction of sp³-hybridized carbons (Fsp3) is 0.174. The molecule has 0 saturated carbocycles. The highest BCUT2D eigenvalue weighted by Crippen LogP contribution is 2.36. The monoisotopic (exact) mass is 417 g/mol. The minimum atomic E-state index is -3.87. The Morgan fingerprint density at radius 2 is 1.90 bits per heavy atom. The van der Waals surface area contributed by atoms with E-state index in [2.05, 4.69) is 4.98 Å². The molecule has 0 fully saturated rings. The number of Topliss-reactive ketones (excluding diaryl/α,β-unsaturated/α-hetero) is 1. The van der Waals surface area contributed by atoms with Crippen molar-refractivity contribution in [2.45, 2.75) is 30.2 Å². The van der Waals surface area contributed by atoms with Gasteiger partial charge in [0.05, 0.1) is 22.3 Å². The van der Waals surface area contributed by atoms with Gasteiger partial charge in [-0.05, 0) is 49.2 Å². The maximum Gasteiger partial charge on any atom is 0.264 e. The van der Waals surface area contributed by atoms with Crippen molar-refractivity contribution in [3.63, 3.8) is 0 Å². The summed E-state index contributed by atoms with van der Waals surface area (Å²) in [6, 6.07) is 20.0. The summed E-state index contributed by atoms with van der Waals surface area (Å²) in [7, 11) is -3.87. The first kappa shape index (κ1) is 19.8. The van der Waals surface area contributed by atoms with E-state index in [0.29, 0.717) is 17.8 Å². The number of rotatable bonds is 5. The lowest BCUT2D eigenvalue weighted by molar-refractivity contribution is 0.0977. The molecule has 0 radical (unpaired) electrons. The Kier molecular flexibility index (Phi) is 5.10. The Bertz CT molecular complexity index is 1250. The van der Waals surface area contributed by atoms with Gasteiger partial charge in [0.15, 0.2) is 11.7 Å². The van der Waals surface area contributed by atoms with Crippen LogP contribution in [0.25, 0.3) is 0 Å². The minimum absolute atomic E-state index is 0.0228. The van der Waals surface area contributed by atoms with Gasteiger partial charge in [0.1, 0.15) is 0 Å². The zero-order valence-electron chi connectivity index (χ0n) is 16.3. The third kappa shape index (κ3) is 3.36. The highest BCUT2D eigenvalue weighted by atomic mass is 32.2. The van der Waals surface area contributed by atoms with Crippen molar-refractivity contribution in [3.05, 3.63) is 89.7 Å². The Balaban J connectivity index is 1.72. The summed E-state index contributed by atoms with van der Waals surface area (Å²) in [5.41, 5.74) is 2.12. The average molecular weight is 417 g/mol. The molecule has 150 valence electrons. The molecular formula is C23H19N3O3S. The van der Waals surface area contributed by atoms with E-state index in [4.69, 9.17) is 0 Å². The van der Waals surface area contributed by atoms with Gasteiger partial charge in [0.2, 0.25) is 0 Å². The molecule has 1 aliphatic heterocycles. The molecular weight excluding hydrogens is 398 g/mol. The number of para-hydroxylation sites is 1. The topological polar surface area (TPSA) is 91.1 Å². The summed E-state index contributed by atoms with van der Waals surface area (Å²) in [6.45, 7) is 1.86. The largest absolute Gasteiger partial charge is 0.292 e. The molecule has 6 nitrogen and oxygen atoms in total. The van der Waals surface area contributed by atoms with Crippen molar-refractivity contribution in [3.8, 4) is 6.07 Å². The number of carbonyl (C=O) groups excluding carboxylic acids is 1. The molecule has 30 heavy (non-hydrogen) atoms. The van der Waals surface area contributed by atoms with Crippen molar-refractivity contribution in [1.82, 2.24) is 4.98 Å². The van der Waals surface area contributed by atoms with Crippen molar-refractivity contribution in [2.24, 2.45) is 0 Å². The van der Waals surface area contributed by atoms with Crippen molar-refractivity contribution >= 4 is 21.5 Å². The normalized spacial score (nSPS) is 16.5. The SMILES string of the molecule is CC1Cc2ccccc2N1S(=O)(=O)c1cccc(C(=O)C(C#N)c2ccccn2)c1. The summed E-state index contributed by atoms with van der Waals surface area (Å²) in [4.78, 5) is 17.1. The highest BCUT2D eigenvalue weighted by Gasteiger charge is 2.36. The number of hydrogen-bond acceptors (Lipinski definition) is 5. The number of anilines is 1. The Morgan fingerprint density at radius 3 is 2.63 bits per heavy atom. The number of fused-ring (bicyclic) bond motifs is 1. The van der Waals surface area contributed by atoms with Crippen LogP contribution in [-0.2, 0) is 16.4 Å². The number of nitriles is 1. The van der Waals surface area contributed by atoms with E-state index < -0.39 is 21.7 Å². The van der Waals surface area contributed by atoms with Crippen molar-refractivity contribution in [1.29, 1.82) is 5.26 Å². The molecule has 7 heteroatoms. The molecule has 0 saturated heterocycles. The van der Waals surface area contributed by atoms with Crippen LogP contribution in [0.1, 0.15) is 34.5 Å². The number of ketones is 1. The van der Waals surface area contributed by atoms with E-state index in [1.165, 1.54) is 34.8 Å². The van der Waals surface area contributed by atoms with Crippen LogP contribution in [0.4, 0.5) is 5.69 Å². The smallest absolute Gasteiger partial charge is 0.264 e. The van der Waals surface area contributed by atoms with Gasteiger partial charge in [0.25, 0.3) is 10.0 Å². The zero-order valence-corrected chi connectivity index (χ0v) is 17.1. The van der Waals surface area contributed by atoms with Crippen LogP contribution in [-0.4, -0.2) is 25.2 Å². The van der Waals surface area contributed by atoms with Crippen molar-refractivity contribution in [2.75, 3.05) is 4.31 Å². The van der Waals surface area contributed by atoms with E-state index in [1.54, 1.807) is 24.3 Å². The van der Waals surface area contributed by atoms with Gasteiger partial charge in [-0.25, -0.2) is 8.42 Å². The van der Waals surface area contributed by atoms with E-state index >= 15 is 0 Å². The molecule has 2 aromatic carbocycles. The molecule has 0 aliphatic carbocycles. The molecule has 0 spiro atoms. The maximum atomic E-state index is 13.4. The van der Waals surface area contributed by atoms with Gasteiger partial charge in [-0.2, -0.15) is 5.26 Å². The minimum Gasteiger partial charge on any atom is -0.292 e. The number of benzene rings is 2. The first-order valence-corrected chi connectivity index (χ1v) is 10.9. The molecule has 0 amide bonds. The molecule has 2 unspecified atom stereocenters. The summed E-state index contributed by atoms with van der Waals surface area (Å²) in [5, 5.41) is 9.52. The van der Waals surface area contributed by atoms with Crippen LogP contribution in [0.2, 0.25) is 0 Å². The van der Waals surface area contributed by atoms with Crippen LogP contribution >= 0.6 is 0 Å². The molecule has 4 rings (SSSR count). The third-order valence-corrected chi connectivity index (χ3v) is 7.12. The maximum absolute atomic E-state index is 13.4. The lowest BCUT2D eigenvalue weighted by Gasteiger charge is -2.24. The molecule has 2 heterocycles. The molecule has 3 aromatic rings. The summed E-state index contributed by atoms with van der Waals surface area (Å²) in [5.74, 6) is -1.58. The first-order valence-electron chi connectivity index (χ1n) is 9.50. The van der Waals surface area contributed by atoms with E-state index in [9.17, 15) is 18.5 Å². The van der Waals surface area contributed by atoms with Gasteiger partial charge >= 0.3 is 0 Å². The quantitative estimate of drug-likeness (QED) is 0.590. The van der Waals surface area contributed by atoms with Crippen LogP contribution < -0.4 is 4.31 Å². The zero-order chi connectivity index (χ0) is 21.3. The number of aromatic nitrogens is 1. The fourth-order valence-corrected chi connectivity index (χ4v) is 5.54. The van der Waals surface area contributed by atoms with Crippen molar-refractivity contribution < 1.29 is 13.2 Å². The fourth-order valence-electron chi connectivity index (χ4n) is 3.80. The van der Waals surface area contributed by atoms with E-state index in [0.717, 1.165) is 5.56 Å². The summed E-state index contributed by atoms with van der Waals surface area (Å²) >= 11 is 0. The number of pyridine rings is 1. The summed E-state index contributed by atoms with van der Waals surface area (Å²) in [6.07, 6.45) is 2.14. The van der Waals surface area contributed by atoms with Crippen LogP contribution in [0.3, 0.4) is 0 Å². The lowest BCUT2D eigenvalue weighted by atomic mass is 9.95. The molecule has 2 atom stereocenters. The van der Waals surface area contributed by atoms with Gasteiger partial charge in [-0.15, -0.1) is 0 Å². The number of hydrogen-bond donors (Lipinski definition) is 0. The van der Waals surface area contributed by atoms with E-state index in [-0.39, 0.29) is 16.5 Å². The Labute approximate surface area is 175 Å². The Morgan fingerprint density at radius 1 is 1.13 bits per heavy atom. The van der Waals surface area contributed by atoms with Crippen LogP contribution in [0.15, 0.2) is 77.8 Å². The Hall–Kier alpha value is -3.50. The molecule has 0 N–H and O–H groups in total. The van der Waals surface area contributed by atoms with Gasteiger partial charge < -0.3 is 0 Å². The second-order valence-corrected chi connectivity index (χ2v) is 9.01. The number of nitrogens with zero attached hydrogens (tertiary/aromatic N) is 3.